The molecule has 7 heteroatoms. The van der Waals surface area contributed by atoms with Crippen molar-refractivity contribution >= 4 is 15.9 Å². The summed E-state index contributed by atoms with van der Waals surface area (Å²) in [7, 11) is -1.61. The Bertz CT molecular complexity index is 482. The van der Waals surface area contributed by atoms with E-state index in [0.717, 1.165) is 12.0 Å². The van der Waals surface area contributed by atoms with E-state index < -0.39 is 10.0 Å². The van der Waals surface area contributed by atoms with Gasteiger partial charge in [0.05, 0.1) is 12.5 Å². The van der Waals surface area contributed by atoms with Crippen LogP contribution in [0.2, 0.25) is 0 Å². The molecule has 0 fully saturated rings. The second-order valence-electron chi connectivity index (χ2n) is 4.37. The summed E-state index contributed by atoms with van der Waals surface area (Å²) in [5.74, 6) is 0.727. The van der Waals surface area contributed by atoms with Crippen molar-refractivity contribution in [2.24, 2.45) is 0 Å². The van der Waals surface area contributed by atoms with Crippen molar-refractivity contribution in [2.75, 3.05) is 26.4 Å². The van der Waals surface area contributed by atoms with Crippen LogP contribution in [0.25, 0.3) is 0 Å². The van der Waals surface area contributed by atoms with Crippen LogP contribution in [0.5, 0.6) is 0 Å². The summed E-state index contributed by atoms with van der Waals surface area (Å²) in [6, 6.07) is 3.61. The molecule has 0 saturated carbocycles. The fourth-order valence-corrected chi connectivity index (χ4v) is 1.94. The quantitative estimate of drug-likeness (QED) is 0.711. The lowest BCUT2D eigenvalue weighted by molar-refractivity contribution is -0.121. The number of furan rings is 1. The first kappa shape index (κ1) is 15.7. The number of carbonyl (C=O) groups is 1. The van der Waals surface area contributed by atoms with E-state index in [0.29, 0.717) is 32.4 Å². The fraction of sp³-hybridized carbons (Fsp3) is 0.583. The Balaban J connectivity index is 2.11. The van der Waals surface area contributed by atoms with Crippen molar-refractivity contribution in [1.82, 2.24) is 9.62 Å². The van der Waals surface area contributed by atoms with E-state index in [2.05, 4.69) is 5.32 Å². The largest absolute Gasteiger partial charge is 0.469 e. The Morgan fingerprint density at radius 2 is 2.21 bits per heavy atom. The van der Waals surface area contributed by atoms with E-state index in [4.69, 9.17) is 4.42 Å². The molecular weight excluding hydrogens is 268 g/mol. The minimum atomic E-state index is -3.14. The molecule has 1 N–H and O–H groups in total. The van der Waals surface area contributed by atoms with E-state index in [1.54, 1.807) is 12.3 Å². The van der Waals surface area contributed by atoms with Gasteiger partial charge in [0.1, 0.15) is 5.76 Å². The zero-order valence-corrected chi connectivity index (χ0v) is 12.1. The number of rotatable bonds is 8. The van der Waals surface area contributed by atoms with Crippen molar-refractivity contribution in [1.29, 1.82) is 0 Å². The van der Waals surface area contributed by atoms with Crippen LogP contribution in [0.4, 0.5) is 0 Å². The second-order valence-corrected chi connectivity index (χ2v) is 6.46. The number of hydrogen-bond donors (Lipinski definition) is 1. The van der Waals surface area contributed by atoms with E-state index in [-0.39, 0.29) is 5.91 Å². The zero-order valence-electron chi connectivity index (χ0n) is 11.3. The van der Waals surface area contributed by atoms with Gasteiger partial charge in [0.2, 0.25) is 15.9 Å². The Morgan fingerprint density at radius 3 is 2.79 bits per heavy atom. The number of sulfonamides is 1. The molecule has 0 atom stereocenters. The van der Waals surface area contributed by atoms with Gasteiger partial charge < -0.3 is 9.73 Å². The third-order valence-electron chi connectivity index (χ3n) is 2.72. The average Bonchev–Trinajstić information content (AvgIpc) is 2.83. The molecular formula is C12H20N2O4S. The Morgan fingerprint density at radius 1 is 1.47 bits per heavy atom. The molecule has 1 amide bonds. The smallest absolute Gasteiger partial charge is 0.220 e. The third-order valence-corrected chi connectivity index (χ3v) is 4.03. The number of carbonyl (C=O) groups excluding carboxylic acids is 1. The van der Waals surface area contributed by atoms with Gasteiger partial charge in [0.15, 0.2) is 0 Å². The molecule has 1 aromatic heterocycles. The van der Waals surface area contributed by atoms with Gasteiger partial charge in [0.25, 0.3) is 0 Å². The molecule has 0 aromatic carbocycles. The van der Waals surface area contributed by atoms with Crippen molar-refractivity contribution in [3.05, 3.63) is 24.2 Å². The second kappa shape index (κ2) is 7.30. The molecule has 6 nitrogen and oxygen atoms in total. The predicted octanol–water partition coefficient (Wildman–Crippen LogP) is 0.610. The van der Waals surface area contributed by atoms with E-state index in [1.807, 2.05) is 6.07 Å². The first-order valence-electron chi connectivity index (χ1n) is 6.10. The van der Waals surface area contributed by atoms with Crippen molar-refractivity contribution in [2.45, 2.75) is 19.3 Å². The molecule has 0 aliphatic carbocycles. The van der Waals surface area contributed by atoms with Gasteiger partial charge in [-0.25, -0.2) is 12.7 Å². The van der Waals surface area contributed by atoms with Gasteiger partial charge in [-0.1, -0.05) is 0 Å². The number of aryl methyl sites for hydroxylation is 1. The van der Waals surface area contributed by atoms with E-state index in [1.165, 1.54) is 11.4 Å². The fourth-order valence-electron chi connectivity index (χ4n) is 1.48. The summed E-state index contributed by atoms with van der Waals surface area (Å²) in [5, 5.41) is 2.75. The zero-order chi connectivity index (χ0) is 14.3. The highest BCUT2D eigenvalue weighted by Gasteiger charge is 2.10. The highest BCUT2D eigenvalue weighted by molar-refractivity contribution is 7.88. The van der Waals surface area contributed by atoms with Crippen LogP contribution in [0, 0.1) is 0 Å². The maximum Gasteiger partial charge on any atom is 0.220 e. The van der Waals surface area contributed by atoms with Crippen molar-refractivity contribution in [3.63, 3.8) is 0 Å². The normalized spacial score (nSPS) is 11.7. The van der Waals surface area contributed by atoms with Crippen LogP contribution in [-0.4, -0.2) is 45.0 Å². The van der Waals surface area contributed by atoms with Gasteiger partial charge in [-0.3, -0.25) is 4.79 Å². The summed E-state index contributed by atoms with van der Waals surface area (Å²) in [5.41, 5.74) is 0. The van der Waals surface area contributed by atoms with Crippen LogP contribution in [-0.2, 0) is 21.2 Å². The summed E-state index contributed by atoms with van der Waals surface area (Å²) < 4.78 is 28.6. The molecule has 0 spiro atoms. The number of amides is 1. The van der Waals surface area contributed by atoms with Crippen LogP contribution in [0.3, 0.4) is 0 Å². The first-order valence-corrected chi connectivity index (χ1v) is 7.95. The van der Waals surface area contributed by atoms with E-state index >= 15 is 0 Å². The Labute approximate surface area is 113 Å². The highest BCUT2D eigenvalue weighted by Crippen LogP contribution is 2.03. The molecule has 19 heavy (non-hydrogen) atoms. The van der Waals surface area contributed by atoms with Gasteiger partial charge in [0, 0.05) is 33.0 Å². The summed E-state index contributed by atoms with van der Waals surface area (Å²) in [4.78, 5) is 11.5. The van der Waals surface area contributed by atoms with Crippen LogP contribution >= 0.6 is 0 Å². The maximum atomic E-state index is 11.5. The Hall–Kier alpha value is -1.34. The molecule has 0 aliphatic heterocycles. The van der Waals surface area contributed by atoms with Gasteiger partial charge in [-0.2, -0.15) is 0 Å². The summed E-state index contributed by atoms with van der Waals surface area (Å²) in [6.07, 6.45) is 4.27. The Kier molecular flexibility index (Phi) is 6.04. The predicted molar refractivity (Wildman–Crippen MR) is 72.1 cm³/mol. The third kappa shape index (κ3) is 6.40. The van der Waals surface area contributed by atoms with E-state index in [9.17, 15) is 13.2 Å². The standard InChI is InChI=1S/C12H20N2O4S/c1-14(19(2,16)17)9-4-8-13-12(15)7-6-11-5-3-10-18-11/h3,5,10H,4,6-9H2,1-2H3,(H,13,15). The molecule has 0 saturated heterocycles. The number of hydrogen-bond acceptors (Lipinski definition) is 4. The molecule has 0 radical (unpaired) electrons. The number of nitrogens with zero attached hydrogens (tertiary/aromatic N) is 1. The van der Waals surface area contributed by atoms with Crippen LogP contribution in [0.15, 0.2) is 22.8 Å². The molecule has 1 aromatic rings. The lowest BCUT2D eigenvalue weighted by Crippen LogP contribution is -2.31. The lowest BCUT2D eigenvalue weighted by Gasteiger charge is -2.13. The monoisotopic (exact) mass is 288 g/mol. The average molecular weight is 288 g/mol. The minimum absolute atomic E-state index is 0.0570. The maximum absolute atomic E-state index is 11.5. The highest BCUT2D eigenvalue weighted by atomic mass is 32.2. The van der Waals surface area contributed by atoms with Gasteiger partial charge >= 0.3 is 0 Å². The van der Waals surface area contributed by atoms with Crippen molar-refractivity contribution in [3.8, 4) is 0 Å². The van der Waals surface area contributed by atoms with Gasteiger partial charge in [-0.05, 0) is 18.6 Å². The molecule has 0 unspecified atom stereocenters. The molecule has 1 heterocycles. The molecule has 108 valence electrons. The lowest BCUT2D eigenvalue weighted by atomic mass is 10.2. The minimum Gasteiger partial charge on any atom is -0.469 e. The van der Waals surface area contributed by atoms with Crippen LogP contribution < -0.4 is 5.32 Å². The molecule has 0 aliphatic rings. The first-order chi connectivity index (χ1) is 8.89. The number of nitrogens with one attached hydrogen (secondary N) is 1. The SMILES string of the molecule is CN(CCCNC(=O)CCc1ccco1)S(C)(=O)=O. The topological polar surface area (TPSA) is 79.6 Å². The molecule has 0 bridgehead atoms. The van der Waals surface area contributed by atoms with Crippen molar-refractivity contribution < 1.29 is 17.6 Å². The van der Waals surface area contributed by atoms with Gasteiger partial charge in [-0.15, -0.1) is 0 Å². The summed E-state index contributed by atoms with van der Waals surface area (Å²) >= 11 is 0. The molecule has 1 rings (SSSR count). The summed E-state index contributed by atoms with van der Waals surface area (Å²) in [6.45, 7) is 0.869. The van der Waals surface area contributed by atoms with Crippen LogP contribution in [0.1, 0.15) is 18.6 Å².